The summed E-state index contributed by atoms with van der Waals surface area (Å²) in [6, 6.07) is 7.60. The summed E-state index contributed by atoms with van der Waals surface area (Å²) in [4.78, 5) is 21.5. The van der Waals surface area contributed by atoms with Crippen LogP contribution in [0.4, 0.5) is 5.69 Å². The molecule has 0 bridgehead atoms. The fourth-order valence-corrected chi connectivity index (χ4v) is 1.78. The first-order chi connectivity index (χ1) is 9.66. The summed E-state index contributed by atoms with van der Waals surface area (Å²) >= 11 is 0. The number of anilines is 1. The van der Waals surface area contributed by atoms with E-state index in [1.807, 2.05) is 24.4 Å². The highest BCUT2D eigenvalue weighted by Crippen LogP contribution is 2.09. The number of rotatable bonds is 5. The average molecular weight is 270 g/mol. The topological polar surface area (TPSA) is 58.1 Å². The van der Waals surface area contributed by atoms with Crippen LogP contribution in [0.15, 0.2) is 42.9 Å². The highest BCUT2D eigenvalue weighted by molar-refractivity contribution is 5.92. The first-order valence-corrected chi connectivity index (χ1v) is 6.47. The predicted molar refractivity (Wildman–Crippen MR) is 78.7 cm³/mol. The van der Waals surface area contributed by atoms with Crippen molar-refractivity contribution in [3.05, 3.63) is 54.1 Å². The van der Waals surface area contributed by atoms with Crippen LogP contribution in [0, 0.1) is 0 Å². The molecule has 20 heavy (non-hydrogen) atoms. The van der Waals surface area contributed by atoms with E-state index in [4.69, 9.17) is 0 Å². The molecule has 5 nitrogen and oxygen atoms in total. The number of nitrogens with zero attached hydrogens (tertiary/aromatic N) is 3. The van der Waals surface area contributed by atoms with Gasteiger partial charge in [0.25, 0.3) is 5.91 Å². The largest absolute Gasteiger partial charge is 0.385 e. The van der Waals surface area contributed by atoms with Gasteiger partial charge in [0.05, 0.1) is 0 Å². The second kappa shape index (κ2) is 6.65. The van der Waals surface area contributed by atoms with Gasteiger partial charge >= 0.3 is 0 Å². The van der Waals surface area contributed by atoms with Gasteiger partial charge < -0.3 is 10.2 Å². The van der Waals surface area contributed by atoms with Crippen molar-refractivity contribution in [1.29, 1.82) is 0 Å². The lowest BCUT2D eigenvalue weighted by Gasteiger charge is -2.11. The highest BCUT2D eigenvalue weighted by atomic mass is 16.2. The van der Waals surface area contributed by atoms with Crippen LogP contribution >= 0.6 is 0 Å². The zero-order valence-electron chi connectivity index (χ0n) is 11.7. The van der Waals surface area contributed by atoms with Gasteiger partial charge in [0.15, 0.2) is 0 Å². The second-order valence-corrected chi connectivity index (χ2v) is 4.67. The summed E-state index contributed by atoms with van der Waals surface area (Å²) in [6.45, 7) is 0.783. The van der Waals surface area contributed by atoms with E-state index >= 15 is 0 Å². The molecule has 2 rings (SSSR count). The number of nitrogens with one attached hydrogen (secondary N) is 1. The molecule has 0 atom stereocenters. The van der Waals surface area contributed by atoms with Crippen LogP contribution in [0.5, 0.6) is 0 Å². The second-order valence-electron chi connectivity index (χ2n) is 4.67. The summed E-state index contributed by atoms with van der Waals surface area (Å²) in [5.41, 5.74) is 2.52. The quantitative estimate of drug-likeness (QED) is 0.900. The van der Waals surface area contributed by atoms with E-state index in [0.717, 1.165) is 18.7 Å². The molecular weight excluding hydrogens is 252 g/mol. The molecule has 2 heterocycles. The first kappa shape index (κ1) is 14.0. The Morgan fingerprint density at radius 1 is 1.30 bits per heavy atom. The van der Waals surface area contributed by atoms with Gasteiger partial charge in [0, 0.05) is 44.9 Å². The van der Waals surface area contributed by atoms with E-state index in [1.165, 1.54) is 10.5 Å². The summed E-state index contributed by atoms with van der Waals surface area (Å²) in [6.07, 6.45) is 6.14. The lowest BCUT2D eigenvalue weighted by atomic mass is 10.2. The maximum absolute atomic E-state index is 11.8. The van der Waals surface area contributed by atoms with Crippen LogP contribution < -0.4 is 5.32 Å². The SMILES string of the molecule is CN(C)C(=O)c1cc(NCCc2cccnc2)ccn1. The molecule has 0 fully saturated rings. The molecule has 0 aromatic carbocycles. The number of carbonyl (C=O) groups is 1. The Morgan fingerprint density at radius 3 is 2.85 bits per heavy atom. The number of pyridine rings is 2. The summed E-state index contributed by atoms with van der Waals surface area (Å²) in [5.74, 6) is -0.0964. The molecule has 0 aliphatic heterocycles. The van der Waals surface area contributed by atoms with Gasteiger partial charge in [-0.1, -0.05) is 6.07 Å². The summed E-state index contributed by atoms with van der Waals surface area (Å²) < 4.78 is 0. The summed E-state index contributed by atoms with van der Waals surface area (Å²) in [5, 5.41) is 3.29. The number of carbonyl (C=O) groups excluding carboxylic acids is 1. The van der Waals surface area contributed by atoms with Crippen molar-refractivity contribution in [3.8, 4) is 0 Å². The molecule has 0 aliphatic carbocycles. The molecule has 0 spiro atoms. The Morgan fingerprint density at radius 2 is 2.15 bits per heavy atom. The molecule has 0 aliphatic rings. The number of hydrogen-bond acceptors (Lipinski definition) is 4. The minimum atomic E-state index is -0.0964. The maximum atomic E-state index is 11.8. The maximum Gasteiger partial charge on any atom is 0.272 e. The minimum absolute atomic E-state index is 0.0964. The third-order valence-corrected chi connectivity index (χ3v) is 2.85. The van der Waals surface area contributed by atoms with Crippen molar-refractivity contribution in [2.24, 2.45) is 0 Å². The fourth-order valence-electron chi connectivity index (χ4n) is 1.78. The van der Waals surface area contributed by atoms with Gasteiger partial charge in [-0.05, 0) is 30.2 Å². The molecule has 104 valence electrons. The number of amides is 1. The van der Waals surface area contributed by atoms with Gasteiger partial charge in [-0.25, -0.2) is 0 Å². The molecule has 5 heteroatoms. The van der Waals surface area contributed by atoms with Gasteiger partial charge in [0.1, 0.15) is 5.69 Å². The van der Waals surface area contributed by atoms with Crippen molar-refractivity contribution >= 4 is 11.6 Å². The Balaban J connectivity index is 1.93. The van der Waals surface area contributed by atoms with Crippen molar-refractivity contribution < 1.29 is 4.79 Å². The van der Waals surface area contributed by atoms with E-state index in [-0.39, 0.29) is 5.91 Å². The van der Waals surface area contributed by atoms with Crippen LogP contribution in [0.3, 0.4) is 0 Å². The van der Waals surface area contributed by atoms with Gasteiger partial charge in [-0.2, -0.15) is 0 Å². The first-order valence-electron chi connectivity index (χ1n) is 6.47. The van der Waals surface area contributed by atoms with Crippen molar-refractivity contribution in [3.63, 3.8) is 0 Å². The van der Waals surface area contributed by atoms with Gasteiger partial charge in [0.2, 0.25) is 0 Å². The lowest BCUT2D eigenvalue weighted by Crippen LogP contribution is -2.22. The van der Waals surface area contributed by atoms with Gasteiger partial charge in [-0.3, -0.25) is 14.8 Å². The smallest absolute Gasteiger partial charge is 0.272 e. The normalized spacial score (nSPS) is 10.1. The van der Waals surface area contributed by atoms with Crippen LogP contribution in [-0.2, 0) is 6.42 Å². The van der Waals surface area contributed by atoms with Crippen LogP contribution in [0.2, 0.25) is 0 Å². The average Bonchev–Trinajstić information content (AvgIpc) is 2.48. The zero-order valence-corrected chi connectivity index (χ0v) is 11.7. The Kier molecular flexibility index (Phi) is 4.65. The standard InChI is InChI=1S/C15H18N4O/c1-19(2)15(20)14-10-13(6-9-18-14)17-8-5-12-4-3-7-16-11-12/h3-4,6-7,9-11H,5,8H2,1-2H3,(H,17,18). The third kappa shape index (κ3) is 3.78. The number of hydrogen-bond donors (Lipinski definition) is 1. The molecule has 0 saturated carbocycles. The molecule has 2 aromatic rings. The van der Waals surface area contributed by atoms with Crippen molar-refractivity contribution in [2.45, 2.75) is 6.42 Å². The van der Waals surface area contributed by atoms with Crippen molar-refractivity contribution in [1.82, 2.24) is 14.9 Å². The third-order valence-electron chi connectivity index (χ3n) is 2.85. The van der Waals surface area contributed by atoms with E-state index in [2.05, 4.69) is 15.3 Å². The van der Waals surface area contributed by atoms with Gasteiger partial charge in [-0.15, -0.1) is 0 Å². The molecule has 2 aromatic heterocycles. The molecule has 1 amide bonds. The van der Waals surface area contributed by atoms with Crippen LogP contribution in [0.25, 0.3) is 0 Å². The fraction of sp³-hybridized carbons (Fsp3) is 0.267. The highest BCUT2D eigenvalue weighted by Gasteiger charge is 2.09. The molecule has 0 radical (unpaired) electrons. The molecule has 0 unspecified atom stereocenters. The Bertz CT molecular complexity index is 569. The Hall–Kier alpha value is -2.43. The van der Waals surface area contributed by atoms with Crippen molar-refractivity contribution in [2.75, 3.05) is 26.0 Å². The predicted octanol–water partition coefficient (Wildman–Crippen LogP) is 1.83. The van der Waals surface area contributed by atoms with E-state index in [0.29, 0.717) is 5.69 Å². The van der Waals surface area contributed by atoms with E-state index in [9.17, 15) is 4.79 Å². The molecule has 0 saturated heterocycles. The Labute approximate surface area is 118 Å². The monoisotopic (exact) mass is 270 g/mol. The minimum Gasteiger partial charge on any atom is -0.385 e. The van der Waals surface area contributed by atoms with Crippen LogP contribution in [-0.4, -0.2) is 41.4 Å². The van der Waals surface area contributed by atoms with Crippen LogP contribution in [0.1, 0.15) is 16.1 Å². The lowest BCUT2D eigenvalue weighted by molar-refractivity contribution is 0.0822. The van der Waals surface area contributed by atoms with E-state index < -0.39 is 0 Å². The molecule has 1 N–H and O–H groups in total. The number of aromatic nitrogens is 2. The molecular formula is C15H18N4O. The van der Waals surface area contributed by atoms with E-state index in [1.54, 1.807) is 32.6 Å². The zero-order chi connectivity index (χ0) is 14.4. The summed E-state index contributed by atoms with van der Waals surface area (Å²) in [7, 11) is 3.43.